The van der Waals surface area contributed by atoms with Crippen LogP contribution in [0.25, 0.3) is 0 Å². The molecule has 0 unspecified atom stereocenters. The third-order valence-corrected chi connectivity index (χ3v) is 1.57. The molecule has 2 heteroatoms. The second-order valence-corrected chi connectivity index (χ2v) is 2.17. The number of hydrogen-bond acceptors (Lipinski definition) is 1. The summed E-state index contributed by atoms with van der Waals surface area (Å²) in [6.07, 6.45) is 9.17. The van der Waals surface area contributed by atoms with Gasteiger partial charge < -0.3 is 4.57 Å². The van der Waals surface area contributed by atoms with Crippen molar-refractivity contribution in [3.05, 3.63) is 30.4 Å². The Balaban J connectivity index is 2.46. The Hall–Kier alpha value is -1.05. The molecule has 1 aliphatic heterocycles. The molecule has 0 aromatic carbocycles. The molecule has 0 aliphatic carbocycles. The van der Waals surface area contributed by atoms with E-state index in [9.17, 15) is 0 Å². The van der Waals surface area contributed by atoms with Gasteiger partial charge in [0.2, 0.25) is 0 Å². The molecule has 0 fully saturated rings. The van der Waals surface area contributed by atoms with Crippen LogP contribution in [-0.4, -0.2) is 9.55 Å². The number of aromatic nitrogens is 2. The highest BCUT2D eigenvalue weighted by Gasteiger charge is 2.01. The number of allylic oxidation sites excluding steroid dienone is 2. The molecule has 9 heavy (non-hydrogen) atoms. The lowest BCUT2D eigenvalue weighted by molar-refractivity contribution is 0.736. The van der Waals surface area contributed by atoms with Gasteiger partial charge in [0.25, 0.3) is 0 Å². The molecule has 2 nitrogen and oxygen atoms in total. The van der Waals surface area contributed by atoms with Crippen molar-refractivity contribution in [2.24, 2.45) is 0 Å². The monoisotopic (exact) mass is 120 g/mol. The van der Waals surface area contributed by atoms with Crippen LogP contribution < -0.4 is 0 Å². The summed E-state index contributed by atoms with van der Waals surface area (Å²) in [5.41, 5.74) is 0. The molecule has 0 spiro atoms. The maximum Gasteiger partial charge on any atom is 0.112 e. The Labute approximate surface area is 53.8 Å². The molecule has 2 heterocycles. The van der Waals surface area contributed by atoms with Crippen LogP contribution in [-0.2, 0) is 13.0 Å². The molecule has 1 aromatic rings. The van der Waals surface area contributed by atoms with Gasteiger partial charge in [-0.2, -0.15) is 0 Å². The van der Waals surface area contributed by atoms with Crippen LogP contribution in [0.1, 0.15) is 5.82 Å². The fourth-order valence-corrected chi connectivity index (χ4v) is 1.07. The Morgan fingerprint density at radius 1 is 1.44 bits per heavy atom. The quantitative estimate of drug-likeness (QED) is 0.467. The van der Waals surface area contributed by atoms with Crippen LogP contribution in [0.3, 0.4) is 0 Å². The summed E-state index contributed by atoms with van der Waals surface area (Å²) in [6.45, 7) is 0.995. The minimum Gasteiger partial charge on any atom is -0.331 e. The molecule has 0 radical (unpaired) electrons. The maximum atomic E-state index is 4.17. The fraction of sp³-hybridized carbons (Fsp3) is 0.286. The molecular weight excluding hydrogens is 112 g/mol. The third-order valence-electron chi connectivity index (χ3n) is 1.57. The minimum absolute atomic E-state index is 0.993. The van der Waals surface area contributed by atoms with Gasteiger partial charge in [0, 0.05) is 25.4 Å². The molecule has 46 valence electrons. The largest absolute Gasteiger partial charge is 0.331 e. The summed E-state index contributed by atoms with van der Waals surface area (Å²) in [6, 6.07) is 0. The highest BCUT2D eigenvalue weighted by atomic mass is 15.1. The lowest BCUT2D eigenvalue weighted by Gasteiger charge is -2.06. The second-order valence-electron chi connectivity index (χ2n) is 2.17. The van der Waals surface area contributed by atoms with Crippen LogP contribution >= 0.6 is 0 Å². The van der Waals surface area contributed by atoms with Crippen molar-refractivity contribution in [3.63, 3.8) is 0 Å². The molecule has 0 atom stereocenters. The van der Waals surface area contributed by atoms with E-state index in [2.05, 4.69) is 21.7 Å². The number of hydrogen-bond donors (Lipinski definition) is 0. The van der Waals surface area contributed by atoms with Gasteiger partial charge in [0.15, 0.2) is 0 Å². The Morgan fingerprint density at radius 3 is 3.33 bits per heavy atom. The molecule has 0 bridgehead atoms. The van der Waals surface area contributed by atoms with Crippen LogP contribution in [0.15, 0.2) is 24.5 Å². The van der Waals surface area contributed by atoms with Crippen molar-refractivity contribution in [1.29, 1.82) is 0 Å². The van der Waals surface area contributed by atoms with E-state index in [0.29, 0.717) is 0 Å². The standard InChI is InChI=1S/C7H8N2/c1-2-5-9-6-4-8-7(9)3-1/h1-2,4,6H,3,5H2. The van der Waals surface area contributed by atoms with Crippen molar-refractivity contribution in [1.82, 2.24) is 9.55 Å². The zero-order valence-electron chi connectivity index (χ0n) is 5.12. The van der Waals surface area contributed by atoms with Gasteiger partial charge >= 0.3 is 0 Å². The molecular formula is C7H8N2. The van der Waals surface area contributed by atoms with Crippen LogP contribution in [0, 0.1) is 0 Å². The third kappa shape index (κ3) is 0.669. The van der Waals surface area contributed by atoms with Gasteiger partial charge in [-0.25, -0.2) is 4.98 Å². The van der Waals surface area contributed by atoms with Crippen molar-refractivity contribution >= 4 is 0 Å². The van der Waals surface area contributed by atoms with Crippen LogP contribution in [0.4, 0.5) is 0 Å². The summed E-state index contributed by atoms with van der Waals surface area (Å²) in [4.78, 5) is 4.17. The van der Waals surface area contributed by atoms with E-state index < -0.39 is 0 Å². The van der Waals surface area contributed by atoms with Gasteiger partial charge in [0.05, 0.1) is 0 Å². The predicted molar refractivity (Wildman–Crippen MR) is 35.1 cm³/mol. The fourth-order valence-electron chi connectivity index (χ4n) is 1.07. The zero-order chi connectivity index (χ0) is 6.10. The van der Waals surface area contributed by atoms with Gasteiger partial charge in [-0.15, -0.1) is 0 Å². The average Bonchev–Trinajstić information content (AvgIpc) is 2.33. The molecule has 0 saturated heterocycles. The summed E-state index contributed by atoms with van der Waals surface area (Å²) < 4.78 is 2.15. The number of fused-ring (bicyclic) bond motifs is 1. The van der Waals surface area contributed by atoms with E-state index in [1.807, 2.05) is 12.4 Å². The van der Waals surface area contributed by atoms with Gasteiger partial charge in [-0.1, -0.05) is 12.2 Å². The van der Waals surface area contributed by atoms with E-state index in [1.54, 1.807) is 0 Å². The first kappa shape index (κ1) is 4.79. The maximum absolute atomic E-state index is 4.17. The van der Waals surface area contributed by atoms with Crippen LogP contribution in [0.2, 0.25) is 0 Å². The van der Waals surface area contributed by atoms with Crippen molar-refractivity contribution in [2.45, 2.75) is 13.0 Å². The number of nitrogens with zero attached hydrogens (tertiary/aromatic N) is 2. The molecule has 0 saturated carbocycles. The lowest BCUT2D eigenvalue weighted by Crippen LogP contribution is -2.04. The first-order valence-corrected chi connectivity index (χ1v) is 3.12. The predicted octanol–water partition coefficient (Wildman–Crippen LogP) is 0.995. The Kier molecular flexibility index (Phi) is 0.918. The highest BCUT2D eigenvalue weighted by Crippen LogP contribution is 2.04. The summed E-state index contributed by atoms with van der Waals surface area (Å²) in [7, 11) is 0. The van der Waals surface area contributed by atoms with Crippen molar-refractivity contribution < 1.29 is 0 Å². The average molecular weight is 120 g/mol. The van der Waals surface area contributed by atoms with Crippen molar-refractivity contribution in [3.8, 4) is 0 Å². The van der Waals surface area contributed by atoms with Crippen molar-refractivity contribution in [2.75, 3.05) is 0 Å². The van der Waals surface area contributed by atoms with Crippen LogP contribution in [0.5, 0.6) is 0 Å². The molecule has 0 N–H and O–H groups in total. The van der Waals surface area contributed by atoms with Gasteiger partial charge in [-0.3, -0.25) is 0 Å². The zero-order valence-corrected chi connectivity index (χ0v) is 5.12. The topological polar surface area (TPSA) is 17.8 Å². The van der Waals surface area contributed by atoms with E-state index in [0.717, 1.165) is 13.0 Å². The van der Waals surface area contributed by atoms with E-state index in [-0.39, 0.29) is 0 Å². The summed E-state index contributed by atoms with van der Waals surface area (Å²) in [5.74, 6) is 1.18. The van der Waals surface area contributed by atoms with E-state index in [1.165, 1.54) is 5.82 Å². The van der Waals surface area contributed by atoms with Gasteiger partial charge in [-0.05, 0) is 0 Å². The summed E-state index contributed by atoms with van der Waals surface area (Å²) >= 11 is 0. The Bertz CT molecular complexity index is 212. The smallest absolute Gasteiger partial charge is 0.112 e. The van der Waals surface area contributed by atoms with Gasteiger partial charge in [0.1, 0.15) is 5.82 Å². The molecule has 0 amide bonds. The number of rotatable bonds is 0. The van der Waals surface area contributed by atoms with E-state index >= 15 is 0 Å². The molecule has 1 aromatic heterocycles. The van der Waals surface area contributed by atoms with E-state index in [4.69, 9.17) is 0 Å². The lowest BCUT2D eigenvalue weighted by atomic mass is 10.3. The minimum atomic E-state index is 0.993. The SMILES string of the molecule is C1=CCn2ccnc2C1. The number of imidazole rings is 1. The first-order chi connectivity index (χ1) is 4.47. The Morgan fingerprint density at radius 2 is 2.44 bits per heavy atom. The molecule has 1 aliphatic rings. The normalized spacial score (nSPS) is 15.6. The molecule has 2 rings (SSSR count). The highest BCUT2D eigenvalue weighted by molar-refractivity contribution is 5.05. The first-order valence-electron chi connectivity index (χ1n) is 3.12. The second kappa shape index (κ2) is 1.72. The summed E-state index contributed by atoms with van der Waals surface area (Å²) in [5, 5.41) is 0.